The molecular formula is C12H20N2O4S. The molecule has 0 saturated carbocycles. The van der Waals surface area contributed by atoms with Crippen LogP contribution < -0.4 is 9.47 Å². The lowest BCUT2D eigenvalue weighted by molar-refractivity contribution is 0.350. The van der Waals surface area contributed by atoms with Crippen molar-refractivity contribution in [2.45, 2.75) is 26.5 Å². The van der Waals surface area contributed by atoms with Crippen LogP contribution in [0.4, 0.5) is 0 Å². The van der Waals surface area contributed by atoms with Crippen molar-refractivity contribution < 1.29 is 17.9 Å². The summed E-state index contributed by atoms with van der Waals surface area (Å²) in [5.41, 5.74) is 0.0768. The molecule has 1 rings (SSSR count). The number of methoxy groups -OCH3 is 2. The van der Waals surface area contributed by atoms with E-state index in [1.165, 1.54) is 20.3 Å². The number of nitrogens with zero attached hydrogens (tertiary/aromatic N) is 2. The molecule has 0 spiro atoms. The first-order chi connectivity index (χ1) is 8.65. The quantitative estimate of drug-likeness (QED) is 0.816. The van der Waals surface area contributed by atoms with Crippen molar-refractivity contribution in [3.05, 3.63) is 11.8 Å². The van der Waals surface area contributed by atoms with E-state index in [0.717, 1.165) is 0 Å². The van der Waals surface area contributed by atoms with Gasteiger partial charge in [0.15, 0.2) is 9.84 Å². The average molecular weight is 288 g/mol. The smallest absolute Gasteiger partial charge is 0.319 e. The largest absolute Gasteiger partial charge is 0.481 e. The zero-order chi connectivity index (χ0) is 14.7. The normalized spacial score (nSPS) is 12.3. The van der Waals surface area contributed by atoms with E-state index in [0.29, 0.717) is 5.69 Å². The van der Waals surface area contributed by atoms with Crippen LogP contribution in [-0.4, -0.2) is 38.4 Å². The second kappa shape index (κ2) is 5.73. The van der Waals surface area contributed by atoms with Crippen LogP contribution in [0.1, 0.15) is 26.5 Å². The first kappa shape index (κ1) is 15.7. The van der Waals surface area contributed by atoms with E-state index in [4.69, 9.17) is 9.47 Å². The summed E-state index contributed by atoms with van der Waals surface area (Å²) in [5, 5.41) is 0. The van der Waals surface area contributed by atoms with Crippen LogP contribution in [0.5, 0.6) is 11.9 Å². The van der Waals surface area contributed by atoms with Crippen LogP contribution in [0.15, 0.2) is 6.07 Å². The monoisotopic (exact) mass is 288 g/mol. The predicted molar refractivity (Wildman–Crippen MR) is 72.1 cm³/mol. The van der Waals surface area contributed by atoms with Crippen molar-refractivity contribution in [2.24, 2.45) is 5.41 Å². The highest BCUT2D eigenvalue weighted by Crippen LogP contribution is 2.20. The second-order valence-corrected chi connectivity index (χ2v) is 7.55. The molecule has 0 aromatic carbocycles. The Hall–Kier alpha value is -1.37. The van der Waals surface area contributed by atoms with Crippen molar-refractivity contribution in [1.29, 1.82) is 0 Å². The zero-order valence-electron chi connectivity index (χ0n) is 11.9. The second-order valence-electron chi connectivity index (χ2n) is 5.48. The van der Waals surface area contributed by atoms with Crippen LogP contribution in [0.2, 0.25) is 0 Å². The lowest BCUT2D eigenvalue weighted by Gasteiger charge is -2.17. The summed E-state index contributed by atoms with van der Waals surface area (Å²) < 4.78 is 34.0. The van der Waals surface area contributed by atoms with Crippen molar-refractivity contribution in [3.63, 3.8) is 0 Å². The highest BCUT2D eigenvalue weighted by atomic mass is 32.2. The maximum absolute atomic E-state index is 12.1. The van der Waals surface area contributed by atoms with E-state index in [-0.39, 0.29) is 28.8 Å². The van der Waals surface area contributed by atoms with Gasteiger partial charge in [0.05, 0.1) is 31.4 Å². The van der Waals surface area contributed by atoms with Gasteiger partial charge in [0.25, 0.3) is 0 Å². The van der Waals surface area contributed by atoms with Crippen LogP contribution in [0, 0.1) is 5.41 Å². The molecule has 0 saturated heterocycles. The number of rotatable bonds is 5. The maximum Gasteiger partial charge on any atom is 0.319 e. The number of sulfone groups is 1. The van der Waals surface area contributed by atoms with Gasteiger partial charge in [0, 0.05) is 6.07 Å². The van der Waals surface area contributed by atoms with Gasteiger partial charge >= 0.3 is 6.01 Å². The third-order valence-electron chi connectivity index (χ3n) is 2.15. The van der Waals surface area contributed by atoms with Gasteiger partial charge in [-0.2, -0.15) is 9.97 Å². The molecule has 0 radical (unpaired) electrons. The van der Waals surface area contributed by atoms with E-state index >= 15 is 0 Å². The Morgan fingerprint density at radius 2 is 1.79 bits per heavy atom. The fraction of sp³-hybridized carbons (Fsp3) is 0.667. The number of hydrogen-bond acceptors (Lipinski definition) is 6. The third kappa shape index (κ3) is 5.42. The van der Waals surface area contributed by atoms with Gasteiger partial charge < -0.3 is 9.47 Å². The SMILES string of the molecule is COc1cc(CS(=O)(=O)CC(C)(C)C)nc(OC)n1. The Bertz CT molecular complexity index is 513. The molecule has 0 aliphatic carbocycles. The Balaban J connectivity index is 2.99. The van der Waals surface area contributed by atoms with E-state index in [1.54, 1.807) is 0 Å². The molecular weight excluding hydrogens is 268 g/mol. The van der Waals surface area contributed by atoms with Gasteiger partial charge in [-0.15, -0.1) is 0 Å². The molecule has 0 unspecified atom stereocenters. The summed E-state index contributed by atoms with van der Waals surface area (Å²) in [6.07, 6.45) is 0. The molecule has 6 nitrogen and oxygen atoms in total. The van der Waals surface area contributed by atoms with Gasteiger partial charge in [-0.3, -0.25) is 0 Å². The topological polar surface area (TPSA) is 78.4 Å². The molecule has 1 aromatic rings. The molecule has 7 heteroatoms. The Kier molecular flexibility index (Phi) is 4.73. The van der Waals surface area contributed by atoms with Gasteiger partial charge in [-0.05, 0) is 5.41 Å². The molecule has 0 bridgehead atoms. The molecule has 0 amide bonds. The Morgan fingerprint density at radius 1 is 1.16 bits per heavy atom. The van der Waals surface area contributed by atoms with E-state index in [2.05, 4.69) is 9.97 Å². The standard InChI is InChI=1S/C12H20N2O4S/c1-12(2,3)8-19(15,16)7-9-6-10(17-4)14-11(13-9)18-5/h6H,7-8H2,1-5H3. The predicted octanol–water partition coefficient (Wildman–Crippen LogP) is 1.45. The molecule has 1 aromatic heterocycles. The minimum absolute atomic E-state index is 0.0919. The van der Waals surface area contributed by atoms with Crippen LogP contribution in [0.3, 0.4) is 0 Å². The van der Waals surface area contributed by atoms with Crippen molar-refractivity contribution >= 4 is 9.84 Å². The minimum Gasteiger partial charge on any atom is -0.481 e. The van der Waals surface area contributed by atoms with Crippen molar-refractivity contribution in [2.75, 3.05) is 20.0 Å². The average Bonchev–Trinajstić information content (AvgIpc) is 2.24. The lowest BCUT2D eigenvalue weighted by Crippen LogP contribution is -2.22. The summed E-state index contributed by atoms with van der Waals surface area (Å²) in [4.78, 5) is 7.95. The summed E-state index contributed by atoms with van der Waals surface area (Å²) in [6.45, 7) is 5.64. The van der Waals surface area contributed by atoms with Gasteiger partial charge in [-0.1, -0.05) is 20.8 Å². The van der Waals surface area contributed by atoms with E-state index in [1.807, 2.05) is 20.8 Å². The highest BCUT2D eigenvalue weighted by Gasteiger charge is 2.23. The number of hydrogen-bond donors (Lipinski definition) is 0. The van der Waals surface area contributed by atoms with E-state index < -0.39 is 9.84 Å². The zero-order valence-corrected chi connectivity index (χ0v) is 12.7. The molecule has 0 aliphatic heterocycles. The van der Waals surface area contributed by atoms with Crippen molar-refractivity contribution in [1.82, 2.24) is 9.97 Å². The van der Waals surface area contributed by atoms with Crippen molar-refractivity contribution in [3.8, 4) is 11.9 Å². The first-order valence-electron chi connectivity index (χ1n) is 5.81. The fourth-order valence-corrected chi connectivity index (χ4v) is 3.68. The molecule has 0 N–H and O–H groups in total. The first-order valence-corrected chi connectivity index (χ1v) is 7.64. The molecule has 0 aliphatic rings. The molecule has 108 valence electrons. The van der Waals surface area contributed by atoms with Crippen LogP contribution in [0.25, 0.3) is 0 Å². The van der Waals surface area contributed by atoms with Gasteiger partial charge in [-0.25, -0.2) is 8.42 Å². The fourth-order valence-electron chi connectivity index (χ4n) is 1.66. The molecule has 1 heterocycles. The van der Waals surface area contributed by atoms with Crippen LogP contribution >= 0.6 is 0 Å². The summed E-state index contributed by atoms with van der Waals surface area (Å²) in [6, 6.07) is 1.60. The highest BCUT2D eigenvalue weighted by molar-refractivity contribution is 7.90. The van der Waals surface area contributed by atoms with Crippen LogP contribution in [-0.2, 0) is 15.6 Å². The molecule has 0 atom stereocenters. The summed E-state index contributed by atoms with van der Waals surface area (Å²) in [7, 11) is -0.371. The lowest BCUT2D eigenvalue weighted by atomic mass is 10.0. The maximum atomic E-state index is 12.1. The Morgan fingerprint density at radius 3 is 2.26 bits per heavy atom. The number of ether oxygens (including phenoxy) is 2. The van der Waals surface area contributed by atoms with Gasteiger partial charge in [0.2, 0.25) is 5.88 Å². The molecule has 19 heavy (non-hydrogen) atoms. The minimum atomic E-state index is -3.24. The number of aromatic nitrogens is 2. The summed E-state index contributed by atoms with van der Waals surface area (Å²) in [5.74, 6) is 0.224. The van der Waals surface area contributed by atoms with E-state index in [9.17, 15) is 8.42 Å². The molecule has 0 fully saturated rings. The Labute approximate surface area is 114 Å². The third-order valence-corrected chi connectivity index (χ3v) is 4.19. The summed E-state index contributed by atoms with van der Waals surface area (Å²) >= 11 is 0. The van der Waals surface area contributed by atoms with Gasteiger partial charge in [0.1, 0.15) is 0 Å².